The number of hydrogen-bond donors (Lipinski definition) is 2. The van der Waals surface area contributed by atoms with Gasteiger partial charge in [-0.05, 0) is 67.3 Å². The molecule has 3 heteroatoms. The molecule has 0 spiro atoms. The minimum absolute atomic E-state index is 0.134. The van der Waals surface area contributed by atoms with E-state index in [2.05, 4.69) is 6.92 Å². The molecule has 2 N–H and O–H groups in total. The summed E-state index contributed by atoms with van der Waals surface area (Å²) < 4.78 is 0. The lowest BCUT2D eigenvalue weighted by Crippen LogP contribution is -2.04. The molecule has 3 atom stereocenters. The molecule has 0 saturated heterocycles. The number of phenolic OH excluding ortho intramolecular Hbond substituents is 1. The van der Waals surface area contributed by atoms with E-state index in [1.54, 1.807) is 12.1 Å². The van der Waals surface area contributed by atoms with E-state index in [0.29, 0.717) is 17.6 Å². The van der Waals surface area contributed by atoms with Crippen LogP contribution in [0.2, 0.25) is 0 Å². The zero-order valence-corrected chi connectivity index (χ0v) is 11.1. The second-order valence-electron chi connectivity index (χ2n) is 5.57. The first-order valence-electron chi connectivity index (χ1n) is 6.43. The summed E-state index contributed by atoms with van der Waals surface area (Å²) in [5.74, 6) is 0.178. The predicted octanol–water partition coefficient (Wildman–Crippen LogP) is 3.22. The summed E-state index contributed by atoms with van der Waals surface area (Å²) in [5.41, 5.74) is 3.43. The SMILES string of the molecule is Cc1cc(O)cc(C)c1C(C)CC1CC1C(=O)O. The standard InChI is InChI=1S/C15H20O3/c1-8(4-11-7-13(11)15(17)18)14-9(2)5-12(16)6-10(14)3/h5-6,8,11,13,16H,4,7H2,1-3H3,(H,17,18). The van der Waals surface area contributed by atoms with Crippen molar-refractivity contribution >= 4 is 5.97 Å². The van der Waals surface area contributed by atoms with Gasteiger partial charge in [0.2, 0.25) is 0 Å². The van der Waals surface area contributed by atoms with Crippen molar-refractivity contribution in [3.63, 3.8) is 0 Å². The highest BCUT2D eigenvalue weighted by Gasteiger charge is 2.43. The number of rotatable bonds is 4. The maximum Gasteiger partial charge on any atom is 0.306 e. The van der Waals surface area contributed by atoms with Gasteiger partial charge < -0.3 is 10.2 Å². The van der Waals surface area contributed by atoms with E-state index in [9.17, 15) is 9.90 Å². The molecule has 1 aliphatic carbocycles. The van der Waals surface area contributed by atoms with Gasteiger partial charge in [0, 0.05) is 0 Å². The van der Waals surface area contributed by atoms with Gasteiger partial charge in [0.25, 0.3) is 0 Å². The first kappa shape index (κ1) is 12.9. The molecule has 3 nitrogen and oxygen atoms in total. The molecule has 1 fully saturated rings. The lowest BCUT2D eigenvalue weighted by atomic mass is 9.88. The number of phenols is 1. The maximum absolute atomic E-state index is 10.8. The monoisotopic (exact) mass is 248 g/mol. The van der Waals surface area contributed by atoms with Crippen LogP contribution < -0.4 is 0 Å². The number of aryl methyl sites for hydroxylation is 2. The highest BCUT2D eigenvalue weighted by molar-refractivity contribution is 5.73. The maximum atomic E-state index is 10.8. The van der Waals surface area contributed by atoms with Crippen molar-refractivity contribution in [3.05, 3.63) is 28.8 Å². The molecule has 0 heterocycles. The number of carbonyl (C=O) groups is 1. The molecule has 0 radical (unpaired) electrons. The molecule has 3 unspecified atom stereocenters. The Bertz CT molecular complexity index is 456. The highest BCUT2D eigenvalue weighted by Crippen LogP contribution is 2.46. The van der Waals surface area contributed by atoms with E-state index < -0.39 is 5.97 Å². The fourth-order valence-electron chi connectivity index (χ4n) is 3.11. The van der Waals surface area contributed by atoms with Crippen molar-refractivity contribution in [2.75, 3.05) is 0 Å². The van der Waals surface area contributed by atoms with Crippen LogP contribution in [-0.4, -0.2) is 16.2 Å². The molecule has 0 bridgehead atoms. The minimum Gasteiger partial charge on any atom is -0.508 e. The van der Waals surface area contributed by atoms with Gasteiger partial charge in [-0.25, -0.2) is 0 Å². The highest BCUT2D eigenvalue weighted by atomic mass is 16.4. The van der Waals surface area contributed by atoms with E-state index in [0.717, 1.165) is 24.0 Å². The summed E-state index contributed by atoms with van der Waals surface area (Å²) >= 11 is 0. The van der Waals surface area contributed by atoms with Crippen LogP contribution in [0.5, 0.6) is 5.75 Å². The average molecular weight is 248 g/mol. The summed E-state index contributed by atoms with van der Waals surface area (Å²) in [4.78, 5) is 10.8. The Morgan fingerprint density at radius 3 is 2.39 bits per heavy atom. The zero-order chi connectivity index (χ0) is 13.4. The number of benzene rings is 1. The van der Waals surface area contributed by atoms with Gasteiger partial charge in [-0.2, -0.15) is 0 Å². The van der Waals surface area contributed by atoms with Crippen molar-refractivity contribution in [2.24, 2.45) is 11.8 Å². The van der Waals surface area contributed by atoms with E-state index in [1.807, 2.05) is 13.8 Å². The number of aromatic hydroxyl groups is 1. The number of hydrogen-bond acceptors (Lipinski definition) is 2. The van der Waals surface area contributed by atoms with Crippen LogP contribution in [0.15, 0.2) is 12.1 Å². The quantitative estimate of drug-likeness (QED) is 0.860. The van der Waals surface area contributed by atoms with Crippen molar-refractivity contribution in [1.82, 2.24) is 0 Å². The summed E-state index contributed by atoms with van der Waals surface area (Å²) in [6.45, 7) is 6.14. The largest absolute Gasteiger partial charge is 0.508 e. The minimum atomic E-state index is -0.661. The van der Waals surface area contributed by atoms with Crippen LogP contribution in [0.25, 0.3) is 0 Å². The Kier molecular flexibility index (Phi) is 3.33. The summed E-state index contributed by atoms with van der Waals surface area (Å²) in [6, 6.07) is 3.56. The second kappa shape index (κ2) is 4.63. The normalized spacial score (nSPS) is 23.7. The molecule has 2 rings (SSSR count). The van der Waals surface area contributed by atoms with Gasteiger partial charge in [0.05, 0.1) is 5.92 Å². The second-order valence-corrected chi connectivity index (χ2v) is 5.57. The molecule has 1 aromatic rings. The van der Waals surface area contributed by atoms with E-state index >= 15 is 0 Å². The molecule has 1 saturated carbocycles. The van der Waals surface area contributed by atoms with E-state index in [4.69, 9.17) is 5.11 Å². The third kappa shape index (κ3) is 2.50. The number of aliphatic carboxylic acids is 1. The molecule has 0 amide bonds. The summed E-state index contributed by atoms with van der Waals surface area (Å²) in [7, 11) is 0. The third-order valence-corrected chi connectivity index (χ3v) is 3.97. The molecule has 1 aliphatic rings. The van der Waals surface area contributed by atoms with Crippen LogP contribution in [0.4, 0.5) is 0 Å². The molecule has 1 aromatic carbocycles. The average Bonchev–Trinajstić information content (AvgIpc) is 2.94. The number of carboxylic acid groups (broad SMARTS) is 1. The Hall–Kier alpha value is -1.51. The van der Waals surface area contributed by atoms with Gasteiger partial charge >= 0.3 is 5.97 Å². The Balaban J connectivity index is 2.10. The molecule has 18 heavy (non-hydrogen) atoms. The van der Waals surface area contributed by atoms with E-state index in [-0.39, 0.29) is 5.92 Å². The third-order valence-electron chi connectivity index (χ3n) is 3.97. The predicted molar refractivity (Wildman–Crippen MR) is 69.8 cm³/mol. The van der Waals surface area contributed by atoms with Gasteiger partial charge in [0.15, 0.2) is 0 Å². The van der Waals surface area contributed by atoms with Gasteiger partial charge in [-0.1, -0.05) is 6.92 Å². The van der Waals surface area contributed by atoms with E-state index in [1.165, 1.54) is 5.56 Å². The van der Waals surface area contributed by atoms with Crippen LogP contribution in [0.3, 0.4) is 0 Å². The van der Waals surface area contributed by atoms with Crippen LogP contribution in [0.1, 0.15) is 42.4 Å². The van der Waals surface area contributed by atoms with Crippen LogP contribution in [0, 0.1) is 25.7 Å². The van der Waals surface area contributed by atoms with Crippen LogP contribution in [-0.2, 0) is 4.79 Å². The van der Waals surface area contributed by atoms with Crippen LogP contribution >= 0.6 is 0 Å². The fourth-order valence-corrected chi connectivity index (χ4v) is 3.11. The Morgan fingerprint density at radius 2 is 1.94 bits per heavy atom. The molecular weight excluding hydrogens is 228 g/mol. The van der Waals surface area contributed by atoms with Crippen molar-refractivity contribution in [1.29, 1.82) is 0 Å². The fraction of sp³-hybridized carbons (Fsp3) is 0.533. The molecular formula is C15H20O3. The first-order chi connectivity index (χ1) is 8.40. The first-order valence-corrected chi connectivity index (χ1v) is 6.43. The zero-order valence-electron chi connectivity index (χ0n) is 11.1. The molecule has 0 aliphatic heterocycles. The lowest BCUT2D eigenvalue weighted by molar-refractivity contribution is -0.138. The van der Waals surface area contributed by atoms with Gasteiger partial charge in [0.1, 0.15) is 5.75 Å². The Labute approximate surface area is 107 Å². The summed E-state index contributed by atoms with van der Waals surface area (Å²) in [6.07, 6.45) is 1.74. The van der Waals surface area contributed by atoms with Crippen molar-refractivity contribution in [2.45, 2.75) is 39.5 Å². The van der Waals surface area contributed by atoms with Crippen molar-refractivity contribution < 1.29 is 15.0 Å². The summed E-state index contributed by atoms with van der Waals surface area (Å²) in [5, 5.41) is 18.5. The number of carboxylic acids is 1. The Morgan fingerprint density at radius 1 is 1.39 bits per heavy atom. The van der Waals surface area contributed by atoms with Gasteiger partial charge in [-0.15, -0.1) is 0 Å². The van der Waals surface area contributed by atoms with Crippen molar-refractivity contribution in [3.8, 4) is 5.75 Å². The topological polar surface area (TPSA) is 57.5 Å². The van der Waals surface area contributed by atoms with Gasteiger partial charge in [-0.3, -0.25) is 4.79 Å². The lowest BCUT2D eigenvalue weighted by Gasteiger charge is -2.18. The molecule has 0 aromatic heterocycles. The molecule has 98 valence electrons. The smallest absolute Gasteiger partial charge is 0.306 e.